The minimum absolute atomic E-state index is 0. The van der Waals surface area contributed by atoms with E-state index in [2.05, 4.69) is 4.31 Å². The van der Waals surface area contributed by atoms with Crippen molar-refractivity contribution in [2.45, 2.75) is 37.8 Å². The molecule has 0 amide bonds. The summed E-state index contributed by atoms with van der Waals surface area (Å²) >= 11 is 0. The first-order valence-corrected chi connectivity index (χ1v) is 7.70. The Kier molecular flexibility index (Phi) is 21.9. The fourth-order valence-electron chi connectivity index (χ4n) is 1.31. The predicted octanol–water partition coefficient (Wildman–Crippen LogP) is -9.12. The van der Waals surface area contributed by atoms with Crippen LogP contribution < -0.4 is 90.2 Å². The molecule has 112 valence electrons. The first-order valence-electron chi connectivity index (χ1n) is 4.78. The Bertz CT molecular complexity index is 298. The SMILES string of the molecule is N[C@@H]1CCCC[C@H]1N.O=P([O-])([O-])OP(=O)([O-])[O-].[Na+].[Na+].[Pt+2]. The van der Waals surface area contributed by atoms with E-state index < -0.39 is 15.6 Å². The first kappa shape index (κ1) is 30.7. The van der Waals surface area contributed by atoms with Crippen LogP contribution in [-0.4, -0.2) is 12.1 Å². The van der Waals surface area contributed by atoms with Gasteiger partial charge >= 0.3 is 80.2 Å². The molecule has 0 unspecified atom stereocenters. The Hall–Kier alpha value is 2.87. The van der Waals surface area contributed by atoms with E-state index in [0.717, 1.165) is 12.8 Å². The molecule has 1 fully saturated rings. The van der Waals surface area contributed by atoms with Crippen molar-refractivity contribution >= 4 is 15.6 Å². The molecule has 0 aromatic carbocycles. The summed E-state index contributed by atoms with van der Waals surface area (Å²) in [5.41, 5.74) is 11.3. The molecular weight excluding hydrogens is 515 g/mol. The number of hydrogen-bond acceptors (Lipinski definition) is 9. The van der Waals surface area contributed by atoms with Crippen molar-refractivity contribution in [3.63, 3.8) is 0 Å². The van der Waals surface area contributed by atoms with Gasteiger partial charge in [0, 0.05) is 12.1 Å². The molecule has 0 saturated heterocycles. The molecule has 0 spiro atoms. The van der Waals surface area contributed by atoms with Gasteiger partial charge in [-0.25, -0.2) is 0 Å². The molecule has 1 aliphatic rings. The molecule has 1 rings (SSSR count). The van der Waals surface area contributed by atoms with E-state index in [1.54, 1.807) is 0 Å². The van der Waals surface area contributed by atoms with Gasteiger partial charge in [0.2, 0.25) is 0 Å². The molecular formula is C6H14N2Na2O7P2Pt. The summed E-state index contributed by atoms with van der Waals surface area (Å²) in [4.78, 5) is 37.3. The fourth-order valence-corrected chi connectivity index (χ4v) is 2.29. The number of hydrogen-bond donors (Lipinski definition) is 2. The maximum absolute atomic E-state index is 9.32. The molecule has 0 aromatic heterocycles. The third kappa shape index (κ3) is 20.9. The number of phosphoric acid groups is 2. The van der Waals surface area contributed by atoms with Gasteiger partial charge in [0.05, 0.1) is 15.6 Å². The Balaban J connectivity index is -0.000000112. The summed E-state index contributed by atoms with van der Waals surface area (Å²) < 4.78 is 21.2. The number of rotatable bonds is 2. The normalized spacial score (nSPS) is 22.1. The Morgan fingerprint density at radius 1 is 0.850 bits per heavy atom. The van der Waals surface area contributed by atoms with Crippen molar-refractivity contribution in [2.24, 2.45) is 11.5 Å². The minimum Gasteiger partial charge on any atom is -0.790 e. The van der Waals surface area contributed by atoms with E-state index in [0.29, 0.717) is 0 Å². The van der Waals surface area contributed by atoms with Crippen LogP contribution in [0.4, 0.5) is 0 Å². The molecule has 0 radical (unpaired) electrons. The Labute approximate surface area is 176 Å². The quantitative estimate of drug-likeness (QED) is 0.259. The van der Waals surface area contributed by atoms with Crippen LogP contribution in [0.25, 0.3) is 0 Å². The van der Waals surface area contributed by atoms with Crippen LogP contribution in [0, 0.1) is 0 Å². The summed E-state index contributed by atoms with van der Waals surface area (Å²) in [5, 5.41) is 0. The molecule has 1 aliphatic carbocycles. The van der Waals surface area contributed by atoms with Gasteiger partial charge in [0.25, 0.3) is 0 Å². The minimum atomic E-state index is -5.68. The number of nitrogens with two attached hydrogens (primary N) is 2. The third-order valence-corrected chi connectivity index (χ3v) is 3.67. The van der Waals surface area contributed by atoms with Gasteiger partial charge in [-0.2, -0.15) is 0 Å². The second-order valence-corrected chi connectivity index (χ2v) is 6.03. The molecule has 2 atom stereocenters. The summed E-state index contributed by atoms with van der Waals surface area (Å²) in [7, 11) is -11.4. The Morgan fingerprint density at radius 2 is 1.10 bits per heavy atom. The van der Waals surface area contributed by atoms with E-state index in [1.165, 1.54) is 12.8 Å². The van der Waals surface area contributed by atoms with Crippen molar-refractivity contribution in [3.05, 3.63) is 0 Å². The zero-order chi connectivity index (χ0) is 13.7. The van der Waals surface area contributed by atoms with E-state index in [4.69, 9.17) is 11.5 Å². The zero-order valence-electron chi connectivity index (χ0n) is 11.2. The van der Waals surface area contributed by atoms with E-state index in [-0.39, 0.29) is 92.3 Å². The molecule has 4 N–H and O–H groups in total. The maximum atomic E-state index is 9.32. The van der Waals surface area contributed by atoms with Gasteiger partial charge in [-0.15, -0.1) is 0 Å². The largest absolute Gasteiger partial charge is 2.00 e. The van der Waals surface area contributed by atoms with Gasteiger partial charge in [-0.1, -0.05) is 12.8 Å². The second kappa shape index (κ2) is 14.2. The van der Waals surface area contributed by atoms with Crippen LogP contribution in [0.5, 0.6) is 0 Å². The van der Waals surface area contributed by atoms with Crippen LogP contribution in [0.3, 0.4) is 0 Å². The first-order chi connectivity index (χ1) is 7.51. The fraction of sp³-hybridized carbons (Fsp3) is 1.00. The molecule has 9 nitrogen and oxygen atoms in total. The van der Waals surface area contributed by atoms with Crippen molar-refractivity contribution in [3.8, 4) is 0 Å². The monoisotopic (exact) mass is 529 g/mol. The second-order valence-electron chi connectivity index (χ2n) is 3.59. The van der Waals surface area contributed by atoms with E-state index >= 15 is 0 Å². The van der Waals surface area contributed by atoms with Crippen LogP contribution in [-0.2, 0) is 34.5 Å². The topological polar surface area (TPSA) is 188 Å². The van der Waals surface area contributed by atoms with Crippen LogP contribution in [0.15, 0.2) is 0 Å². The summed E-state index contributed by atoms with van der Waals surface area (Å²) in [6, 6.07) is 0.562. The molecule has 0 aromatic rings. The summed E-state index contributed by atoms with van der Waals surface area (Å²) in [5.74, 6) is 0. The molecule has 14 heteroatoms. The smallest absolute Gasteiger partial charge is 0.790 e. The van der Waals surface area contributed by atoms with Gasteiger partial charge < -0.3 is 44.5 Å². The molecule has 0 bridgehead atoms. The van der Waals surface area contributed by atoms with Gasteiger partial charge in [-0.05, 0) is 12.8 Å². The van der Waals surface area contributed by atoms with Crippen molar-refractivity contribution < 1.29 is 113 Å². The van der Waals surface area contributed by atoms with E-state index in [9.17, 15) is 28.7 Å². The summed E-state index contributed by atoms with van der Waals surface area (Å²) in [6.45, 7) is 0. The van der Waals surface area contributed by atoms with Gasteiger partial charge in [0.1, 0.15) is 0 Å². The van der Waals surface area contributed by atoms with Crippen molar-refractivity contribution in [2.75, 3.05) is 0 Å². The predicted molar refractivity (Wildman–Crippen MR) is 50.7 cm³/mol. The van der Waals surface area contributed by atoms with Crippen LogP contribution >= 0.6 is 15.6 Å². The maximum Gasteiger partial charge on any atom is 2.00 e. The van der Waals surface area contributed by atoms with Crippen molar-refractivity contribution in [1.29, 1.82) is 0 Å². The average Bonchev–Trinajstić information content (AvgIpc) is 2.04. The zero-order valence-corrected chi connectivity index (χ0v) is 19.3. The average molecular weight is 529 g/mol. The summed E-state index contributed by atoms with van der Waals surface area (Å²) in [6.07, 6.45) is 4.80. The van der Waals surface area contributed by atoms with Gasteiger partial charge in [0.15, 0.2) is 0 Å². The molecule has 0 aliphatic heterocycles. The standard InChI is InChI=1S/C6H14N2.2Na.H4O7P2.Pt/c7-5-3-1-2-4-6(5)8;;;1-8(2,3)7-9(4,5)6;/h5-6H,1-4,7-8H2;;;(H2,1,2,3)(H2,4,5,6);/q;2*+1;;+2/p-4/t5-,6-;;;;/m1..../s1. The molecule has 0 heterocycles. The van der Waals surface area contributed by atoms with Crippen LogP contribution in [0.2, 0.25) is 0 Å². The molecule has 1 saturated carbocycles. The van der Waals surface area contributed by atoms with E-state index in [1.807, 2.05) is 0 Å². The van der Waals surface area contributed by atoms with Gasteiger partial charge in [-0.3, -0.25) is 0 Å². The Morgan fingerprint density at radius 3 is 1.20 bits per heavy atom. The van der Waals surface area contributed by atoms with Crippen LogP contribution in [0.1, 0.15) is 25.7 Å². The third-order valence-electron chi connectivity index (χ3n) is 2.07. The molecule has 20 heavy (non-hydrogen) atoms. The van der Waals surface area contributed by atoms with Crippen molar-refractivity contribution in [1.82, 2.24) is 0 Å².